The summed E-state index contributed by atoms with van der Waals surface area (Å²) in [5, 5.41) is 10.0. The Labute approximate surface area is 202 Å². The van der Waals surface area contributed by atoms with E-state index in [0.717, 1.165) is 27.7 Å². The van der Waals surface area contributed by atoms with Crippen molar-refractivity contribution in [2.75, 3.05) is 6.61 Å². The molecule has 1 aliphatic rings. The summed E-state index contributed by atoms with van der Waals surface area (Å²) in [7, 11) is 0. The average Bonchev–Trinajstić information content (AvgIpc) is 2.69. The SMILES string of the molecule is CC(=O)OC[C@H]1O[C@H](O)[C@@H](OC(C)=O)[C@@H](OC(C)=O)[C@@H]1OC(C)=O.O=C(OCl)C(=O)N(Cl)Cl. The highest BCUT2D eigenvalue weighted by Crippen LogP contribution is 2.28. The highest BCUT2D eigenvalue weighted by Gasteiger charge is 2.51. The quantitative estimate of drug-likeness (QED) is 0.211. The Bertz CT molecular complexity index is 747. The van der Waals surface area contributed by atoms with Crippen LogP contribution in [0.3, 0.4) is 0 Å². The molecule has 0 unspecified atom stereocenters. The Morgan fingerprint density at radius 1 is 0.818 bits per heavy atom. The number of nitrogens with zero attached hydrogens (tertiary/aromatic N) is 1. The molecule has 1 rings (SSSR count). The van der Waals surface area contributed by atoms with Crippen molar-refractivity contribution < 1.29 is 61.8 Å². The van der Waals surface area contributed by atoms with Crippen LogP contribution in [0.2, 0.25) is 0 Å². The molecule has 0 saturated carbocycles. The molecule has 14 nitrogen and oxygen atoms in total. The van der Waals surface area contributed by atoms with Crippen LogP contribution < -0.4 is 0 Å². The van der Waals surface area contributed by atoms with Crippen LogP contribution in [-0.2, 0) is 56.7 Å². The minimum atomic E-state index is -1.68. The fourth-order valence-corrected chi connectivity index (χ4v) is 2.51. The van der Waals surface area contributed by atoms with Gasteiger partial charge in [-0.15, -0.1) is 3.94 Å². The van der Waals surface area contributed by atoms with E-state index in [1.54, 1.807) is 0 Å². The Morgan fingerprint density at radius 3 is 1.64 bits per heavy atom. The van der Waals surface area contributed by atoms with Crippen LogP contribution in [-0.4, -0.2) is 82.1 Å². The molecule has 17 heteroatoms. The third kappa shape index (κ3) is 11.3. The van der Waals surface area contributed by atoms with Gasteiger partial charge in [-0.25, -0.2) is 4.79 Å². The van der Waals surface area contributed by atoms with Gasteiger partial charge in [0.15, 0.2) is 24.6 Å². The second-order valence-corrected chi connectivity index (χ2v) is 7.00. The van der Waals surface area contributed by atoms with Crippen LogP contribution in [0.1, 0.15) is 27.7 Å². The van der Waals surface area contributed by atoms with Gasteiger partial charge in [-0.1, -0.05) is 0 Å². The predicted octanol–water partition coefficient (Wildman–Crippen LogP) is -0.119. The van der Waals surface area contributed by atoms with Crippen molar-refractivity contribution in [2.24, 2.45) is 0 Å². The number of esters is 4. The van der Waals surface area contributed by atoms with Crippen LogP contribution in [0, 0.1) is 0 Å². The molecule has 5 atom stereocenters. The number of carbonyl (C=O) groups excluding carboxylic acids is 6. The first-order valence-electron chi connectivity index (χ1n) is 8.68. The van der Waals surface area contributed by atoms with Crippen molar-refractivity contribution in [1.82, 2.24) is 3.94 Å². The van der Waals surface area contributed by atoms with Gasteiger partial charge in [0.2, 0.25) is 0 Å². The zero-order valence-electron chi connectivity index (χ0n) is 17.5. The number of halogens is 3. The number of hydrogen-bond donors (Lipinski definition) is 1. The fourth-order valence-electron chi connectivity index (χ4n) is 2.31. The molecule has 0 aromatic rings. The van der Waals surface area contributed by atoms with E-state index in [2.05, 4.69) is 16.2 Å². The van der Waals surface area contributed by atoms with Gasteiger partial charge >= 0.3 is 35.8 Å². The molecule has 33 heavy (non-hydrogen) atoms. The zero-order valence-corrected chi connectivity index (χ0v) is 19.8. The van der Waals surface area contributed by atoms with Crippen LogP contribution in [0.15, 0.2) is 0 Å². The Balaban J connectivity index is 0.000000960. The standard InChI is InChI=1S/C14H20O10.C2Cl3NO3/c1-6(15)20-5-10-11(21-7(2)16)12(22-8(3)17)13(14(19)24-10)23-9(4)18;3-6(4)1(7)2(8)9-5/h10-14,19H,5H2,1-4H3;/t10-,11-,12+,13+,14+;/m1./s1. The summed E-state index contributed by atoms with van der Waals surface area (Å²) in [5.41, 5.74) is 0. The molecule has 0 aromatic heterocycles. The zero-order chi connectivity index (χ0) is 25.9. The maximum Gasteiger partial charge on any atom is 0.417 e. The normalized spacial score (nSPS) is 23.6. The van der Waals surface area contributed by atoms with Gasteiger partial charge < -0.3 is 33.1 Å². The highest BCUT2D eigenvalue weighted by molar-refractivity contribution is 6.53. The van der Waals surface area contributed by atoms with E-state index in [9.17, 15) is 33.9 Å². The molecule has 1 N–H and O–H groups in total. The summed E-state index contributed by atoms with van der Waals surface area (Å²) in [4.78, 5) is 65.1. The number of amides is 1. The molecule has 1 fully saturated rings. The number of aliphatic hydroxyl groups excluding tert-OH is 1. The molecular weight excluding hydrogens is 521 g/mol. The van der Waals surface area contributed by atoms with Gasteiger partial charge in [-0.2, -0.15) is 0 Å². The second kappa shape index (κ2) is 14.7. The van der Waals surface area contributed by atoms with Gasteiger partial charge in [0.25, 0.3) is 0 Å². The molecule has 0 aromatic carbocycles. The number of carbonyl (C=O) groups is 6. The average molecular weight is 541 g/mol. The minimum absolute atomic E-state index is 0.0186. The third-order valence-corrected chi connectivity index (χ3v) is 3.81. The van der Waals surface area contributed by atoms with Crippen molar-refractivity contribution in [3.8, 4) is 0 Å². The van der Waals surface area contributed by atoms with Gasteiger partial charge in [0, 0.05) is 51.2 Å². The number of ether oxygens (including phenoxy) is 5. The Kier molecular flexibility index (Phi) is 13.6. The molecule has 0 aliphatic carbocycles. The number of rotatable bonds is 5. The Hall–Kier alpha value is -2.39. The van der Waals surface area contributed by atoms with E-state index in [1.807, 2.05) is 0 Å². The van der Waals surface area contributed by atoms with Crippen molar-refractivity contribution in [3.63, 3.8) is 0 Å². The van der Waals surface area contributed by atoms with Crippen molar-refractivity contribution in [3.05, 3.63) is 0 Å². The van der Waals surface area contributed by atoms with Crippen LogP contribution in [0.5, 0.6) is 0 Å². The lowest BCUT2D eigenvalue weighted by molar-refractivity contribution is -0.296. The molecule has 1 amide bonds. The lowest BCUT2D eigenvalue weighted by Gasteiger charge is -2.42. The summed E-state index contributed by atoms with van der Waals surface area (Å²) in [6, 6.07) is 0. The first-order valence-corrected chi connectivity index (χ1v) is 9.66. The molecule has 1 aliphatic heterocycles. The third-order valence-electron chi connectivity index (χ3n) is 3.36. The summed E-state index contributed by atoms with van der Waals surface area (Å²) in [6.45, 7) is 4.09. The Morgan fingerprint density at radius 2 is 1.27 bits per heavy atom. The van der Waals surface area contributed by atoms with E-state index in [1.165, 1.54) is 0 Å². The number of aliphatic hydroxyl groups is 1. The van der Waals surface area contributed by atoms with E-state index in [4.69, 9.17) is 47.2 Å². The summed E-state index contributed by atoms with van der Waals surface area (Å²) in [6.07, 6.45) is -6.79. The lowest BCUT2D eigenvalue weighted by Crippen LogP contribution is -2.62. The lowest BCUT2D eigenvalue weighted by atomic mass is 9.98. The largest absolute Gasteiger partial charge is 0.463 e. The first-order chi connectivity index (χ1) is 15.2. The van der Waals surface area contributed by atoms with E-state index < -0.39 is 66.5 Å². The molecule has 0 radical (unpaired) electrons. The summed E-state index contributed by atoms with van der Waals surface area (Å²) >= 11 is 14.1. The summed E-state index contributed by atoms with van der Waals surface area (Å²) in [5.74, 6) is -5.45. The monoisotopic (exact) mass is 539 g/mol. The van der Waals surface area contributed by atoms with Gasteiger partial charge in [0.05, 0.1) is 0 Å². The number of hydrogen-bond acceptors (Lipinski definition) is 13. The molecule has 1 heterocycles. The van der Waals surface area contributed by atoms with Gasteiger partial charge in [0.1, 0.15) is 24.6 Å². The maximum absolute atomic E-state index is 11.3. The second-order valence-electron chi connectivity index (χ2n) is 5.99. The van der Waals surface area contributed by atoms with E-state index >= 15 is 0 Å². The van der Waals surface area contributed by atoms with Crippen molar-refractivity contribution >= 4 is 71.2 Å². The topological polar surface area (TPSA) is 181 Å². The summed E-state index contributed by atoms with van der Waals surface area (Å²) < 4.78 is 28.5. The fraction of sp³-hybridized carbons (Fsp3) is 0.625. The molecule has 0 spiro atoms. The van der Waals surface area contributed by atoms with Crippen LogP contribution >= 0.6 is 35.4 Å². The smallest absolute Gasteiger partial charge is 0.417 e. The van der Waals surface area contributed by atoms with Crippen LogP contribution in [0.25, 0.3) is 0 Å². The minimum Gasteiger partial charge on any atom is -0.463 e. The maximum atomic E-state index is 11.3. The van der Waals surface area contributed by atoms with Gasteiger partial charge in [-0.3, -0.25) is 24.0 Å². The van der Waals surface area contributed by atoms with Crippen molar-refractivity contribution in [1.29, 1.82) is 0 Å². The molecule has 1 saturated heterocycles. The van der Waals surface area contributed by atoms with Crippen molar-refractivity contribution in [2.45, 2.75) is 58.4 Å². The van der Waals surface area contributed by atoms with Crippen LogP contribution in [0.4, 0.5) is 0 Å². The molecule has 0 bridgehead atoms. The van der Waals surface area contributed by atoms with Gasteiger partial charge in [-0.05, 0) is 0 Å². The predicted molar refractivity (Wildman–Crippen MR) is 105 cm³/mol. The highest BCUT2D eigenvalue weighted by atomic mass is 35.5. The molecular formula is C16H20Cl3NO13. The van der Waals surface area contributed by atoms with E-state index in [-0.39, 0.29) is 10.5 Å². The van der Waals surface area contributed by atoms with E-state index in [0.29, 0.717) is 0 Å². The first kappa shape index (κ1) is 30.6. The molecule has 188 valence electrons.